The summed E-state index contributed by atoms with van der Waals surface area (Å²) >= 11 is 0. The number of morpholine rings is 1. The summed E-state index contributed by atoms with van der Waals surface area (Å²) < 4.78 is 7.23. The van der Waals surface area contributed by atoms with Gasteiger partial charge in [-0.3, -0.25) is 14.5 Å². The van der Waals surface area contributed by atoms with Crippen LogP contribution in [0, 0.1) is 0 Å². The molecule has 1 aromatic rings. The van der Waals surface area contributed by atoms with Crippen molar-refractivity contribution in [2.45, 2.75) is 31.5 Å². The summed E-state index contributed by atoms with van der Waals surface area (Å²) in [5, 5.41) is 14.5. The van der Waals surface area contributed by atoms with Crippen molar-refractivity contribution in [3.63, 3.8) is 0 Å². The van der Waals surface area contributed by atoms with Crippen molar-refractivity contribution in [3.8, 4) is 0 Å². The molecule has 2 aliphatic rings. The Balaban J connectivity index is 1.46. The van der Waals surface area contributed by atoms with Crippen LogP contribution in [-0.2, 0) is 11.3 Å². The molecule has 0 saturated carbocycles. The zero-order valence-corrected chi connectivity index (χ0v) is 12.5. The van der Waals surface area contributed by atoms with E-state index in [1.807, 2.05) is 4.68 Å². The van der Waals surface area contributed by atoms with Crippen LogP contribution in [0.4, 0.5) is 0 Å². The van der Waals surface area contributed by atoms with Gasteiger partial charge in [-0.25, -0.2) is 4.98 Å². The van der Waals surface area contributed by atoms with E-state index in [-0.39, 0.29) is 6.10 Å². The van der Waals surface area contributed by atoms with E-state index in [0.717, 1.165) is 52.5 Å². The summed E-state index contributed by atoms with van der Waals surface area (Å²) in [4.78, 5) is 8.68. The van der Waals surface area contributed by atoms with Gasteiger partial charge in [0.2, 0.25) is 0 Å². The highest BCUT2D eigenvalue weighted by molar-refractivity contribution is 4.82. The Kier molecular flexibility index (Phi) is 5.18. The lowest BCUT2D eigenvalue weighted by Crippen LogP contribution is -2.46. The van der Waals surface area contributed by atoms with Crippen molar-refractivity contribution in [1.29, 1.82) is 0 Å². The normalized spacial score (nSPS) is 26.2. The Bertz CT molecular complexity index is 408. The molecule has 0 aliphatic carbocycles. The molecule has 118 valence electrons. The number of hydrogen-bond acceptors (Lipinski definition) is 6. The number of likely N-dealkylation sites (tertiary alicyclic amines) is 1. The number of β-amino-alcohol motifs (C(OH)–C–C–N with tert-alkyl or cyclic N) is 1. The summed E-state index contributed by atoms with van der Waals surface area (Å²) in [5.74, 6) is 0. The number of nitrogens with zero attached hydrogens (tertiary/aromatic N) is 5. The van der Waals surface area contributed by atoms with Gasteiger partial charge in [0, 0.05) is 32.2 Å². The van der Waals surface area contributed by atoms with E-state index in [1.54, 1.807) is 12.7 Å². The average Bonchev–Trinajstić information content (AvgIpc) is 3.13. The van der Waals surface area contributed by atoms with E-state index in [1.165, 1.54) is 12.8 Å². The van der Waals surface area contributed by atoms with Crippen molar-refractivity contribution in [3.05, 3.63) is 12.7 Å². The smallest absolute Gasteiger partial charge is 0.137 e. The van der Waals surface area contributed by atoms with Crippen LogP contribution < -0.4 is 0 Å². The highest BCUT2D eigenvalue weighted by Gasteiger charge is 2.27. The minimum atomic E-state index is -0.292. The lowest BCUT2D eigenvalue weighted by molar-refractivity contribution is 0.00531. The number of ether oxygens (including phenoxy) is 1. The van der Waals surface area contributed by atoms with Crippen molar-refractivity contribution < 1.29 is 9.84 Å². The zero-order chi connectivity index (χ0) is 14.5. The molecule has 2 unspecified atom stereocenters. The van der Waals surface area contributed by atoms with Crippen molar-refractivity contribution in [2.75, 3.05) is 45.9 Å². The topological polar surface area (TPSA) is 66.7 Å². The maximum atomic E-state index is 10.3. The fourth-order valence-corrected chi connectivity index (χ4v) is 3.30. The van der Waals surface area contributed by atoms with Crippen LogP contribution in [0.1, 0.15) is 12.8 Å². The molecule has 3 rings (SSSR count). The lowest BCUT2D eigenvalue weighted by Gasteiger charge is -2.31. The standard InChI is InChI=1S/C14H25N5O2/c20-14(9-17-4-6-21-7-5-17)10-18-3-1-2-13(18)8-19-12-15-11-16-19/h11-14,20H,1-10H2. The number of hydrogen-bond donors (Lipinski definition) is 1. The van der Waals surface area contributed by atoms with Crippen molar-refractivity contribution >= 4 is 0 Å². The third-order valence-corrected chi connectivity index (χ3v) is 4.38. The fourth-order valence-electron chi connectivity index (χ4n) is 3.30. The molecule has 7 heteroatoms. The predicted molar refractivity (Wildman–Crippen MR) is 77.9 cm³/mol. The Labute approximate surface area is 125 Å². The fraction of sp³-hybridized carbons (Fsp3) is 0.857. The Morgan fingerprint density at radius 1 is 1.24 bits per heavy atom. The molecule has 0 bridgehead atoms. The van der Waals surface area contributed by atoms with Gasteiger partial charge in [0.25, 0.3) is 0 Å². The SMILES string of the molecule is OC(CN1CCOCC1)CN1CCCC1Cn1cncn1. The van der Waals surface area contributed by atoms with Crippen LogP contribution in [0.15, 0.2) is 12.7 Å². The average molecular weight is 295 g/mol. The molecule has 1 aromatic heterocycles. The van der Waals surface area contributed by atoms with Gasteiger partial charge < -0.3 is 9.84 Å². The summed E-state index contributed by atoms with van der Waals surface area (Å²) in [6, 6.07) is 0.464. The number of aliphatic hydroxyl groups excluding tert-OH is 1. The Hall–Kier alpha value is -1.02. The molecule has 0 aromatic carbocycles. The zero-order valence-electron chi connectivity index (χ0n) is 12.5. The highest BCUT2D eigenvalue weighted by atomic mass is 16.5. The molecule has 7 nitrogen and oxygen atoms in total. The van der Waals surface area contributed by atoms with Crippen LogP contribution in [0.5, 0.6) is 0 Å². The molecule has 2 fully saturated rings. The van der Waals surface area contributed by atoms with Crippen LogP contribution in [0.3, 0.4) is 0 Å². The third-order valence-electron chi connectivity index (χ3n) is 4.38. The quantitative estimate of drug-likeness (QED) is 0.758. The predicted octanol–water partition coefficient (Wildman–Crippen LogP) is -0.564. The molecule has 0 amide bonds. The second kappa shape index (κ2) is 7.31. The van der Waals surface area contributed by atoms with Gasteiger partial charge in [0.15, 0.2) is 0 Å². The second-order valence-electron chi connectivity index (χ2n) is 5.98. The van der Waals surface area contributed by atoms with Crippen LogP contribution in [-0.4, -0.2) is 87.8 Å². The van der Waals surface area contributed by atoms with E-state index in [4.69, 9.17) is 4.74 Å². The second-order valence-corrected chi connectivity index (χ2v) is 5.98. The number of aromatic nitrogens is 3. The third kappa shape index (κ3) is 4.23. The van der Waals surface area contributed by atoms with Crippen LogP contribution >= 0.6 is 0 Å². The molecule has 2 atom stereocenters. The monoisotopic (exact) mass is 295 g/mol. The van der Waals surface area contributed by atoms with Crippen LogP contribution in [0.2, 0.25) is 0 Å². The van der Waals surface area contributed by atoms with Gasteiger partial charge in [-0.1, -0.05) is 0 Å². The van der Waals surface area contributed by atoms with E-state index >= 15 is 0 Å². The van der Waals surface area contributed by atoms with Gasteiger partial charge in [-0.2, -0.15) is 5.10 Å². The van der Waals surface area contributed by atoms with Gasteiger partial charge in [-0.05, 0) is 19.4 Å². The summed E-state index contributed by atoms with van der Waals surface area (Å²) in [6.07, 6.45) is 5.42. The van der Waals surface area contributed by atoms with Crippen molar-refractivity contribution in [2.24, 2.45) is 0 Å². The largest absolute Gasteiger partial charge is 0.390 e. The molecule has 0 spiro atoms. The molecule has 0 radical (unpaired) electrons. The molecule has 21 heavy (non-hydrogen) atoms. The first-order valence-electron chi connectivity index (χ1n) is 7.86. The van der Waals surface area contributed by atoms with Gasteiger partial charge in [-0.15, -0.1) is 0 Å². The number of aliphatic hydroxyl groups is 1. The first-order valence-corrected chi connectivity index (χ1v) is 7.86. The molecule has 3 heterocycles. The van der Waals surface area contributed by atoms with E-state index in [9.17, 15) is 5.11 Å². The Morgan fingerprint density at radius 2 is 2.10 bits per heavy atom. The maximum absolute atomic E-state index is 10.3. The molecule has 1 N–H and O–H groups in total. The van der Waals surface area contributed by atoms with E-state index in [0.29, 0.717) is 6.04 Å². The highest BCUT2D eigenvalue weighted by Crippen LogP contribution is 2.19. The maximum Gasteiger partial charge on any atom is 0.137 e. The molecule has 2 saturated heterocycles. The first-order chi connectivity index (χ1) is 10.3. The molecule has 2 aliphatic heterocycles. The minimum absolute atomic E-state index is 0.292. The van der Waals surface area contributed by atoms with Crippen LogP contribution in [0.25, 0.3) is 0 Å². The Morgan fingerprint density at radius 3 is 2.86 bits per heavy atom. The molecular formula is C14H25N5O2. The van der Waals surface area contributed by atoms with E-state index in [2.05, 4.69) is 19.9 Å². The van der Waals surface area contributed by atoms with Gasteiger partial charge in [0.05, 0.1) is 25.9 Å². The first kappa shape index (κ1) is 14.9. The van der Waals surface area contributed by atoms with Gasteiger partial charge >= 0.3 is 0 Å². The van der Waals surface area contributed by atoms with Crippen molar-refractivity contribution in [1.82, 2.24) is 24.6 Å². The lowest BCUT2D eigenvalue weighted by atomic mass is 10.2. The summed E-state index contributed by atoms with van der Waals surface area (Å²) in [6.45, 7) is 6.85. The van der Waals surface area contributed by atoms with E-state index < -0.39 is 0 Å². The van der Waals surface area contributed by atoms with Gasteiger partial charge in [0.1, 0.15) is 12.7 Å². The minimum Gasteiger partial charge on any atom is -0.390 e. The summed E-state index contributed by atoms with van der Waals surface area (Å²) in [5.41, 5.74) is 0. The molecular weight excluding hydrogens is 270 g/mol. The number of rotatable bonds is 6. The summed E-state index contributed by atoms with van der Waals surface area (Å²) in [7, 11) is 0.